The minimum atomic E-state index is -0.239. The van der Waals surface area contributed by atoms with Crippen LogP contribution in [0.3, 0.4) is 0 Å². The number of rotatable bonds is 3. The maximum absolute atomic E-state index is 9.91. The number of fused-ring (bicyclic) bond motifs is 3. The third kappa shape index (κ3) is 3.80. The second-order valence-electron chi connectivity index (χ2n) is 12.1. The van der Waals surface area contributed by atoms with Gasteiger partial charge in [0.25, 0.3) is 0 Å². The van der Waals surface area contributed by atoms with Crippen molar-refractivity contribution < 1.29 is 5.11 Å². The Kier molecular flexibility index (Phi) is 5.49. The molecule has 208 valence electrons. The fourth-order valence-corrected chi connectivity index (χ4v) is 7.52. The van der Waals surface area contributed by atoms with Gasteiger partial charge in [-0.25, -0.2) is 9.97 Å². The number of aromatic nitrogens is 4. The molecule has 1 atom stereocenters. The van der Waals surface area contributed by atoms with E-state index in [9.17, 15) is 10.4 Å². The highest BCUT2D eigenvalue weighted by Crippen LogP contribution is 2.51. The second kappa shape index (κ2) is 9.16. The molecule has 2 aliphatic carbocycles. The Morgan fingerprint density at radius 2 is 1.88 bits per heavy atom. The molecule has 10 nitrogen and oxygen atoms in total. The van der Waals surface area contributed by atoms with Crippen molar-refractivity contribution in [2.75, 3.05) is 40.9 Å². The Labute approximate surface area is 238 Å². The lowest BCUT2D eigenvalue weighted by Gasteiger charge is -2.47. The number of anilines is 4. The van der Waals surface area contributed by atoms with Crippen molar-refractivity contribution in [3.63, 3.8) is 0 Å². The van der Waals surface area contributed by atoms with Crippen LogP contribution in [-0.4, -0.2) is 63.6 Å². The Bertz CT molecular complexity index is 1680. The monoisotopic (exact) mass is 547 g/mol. The summed E-state index contributed by atoms with van der Waals surface area (Å²) in [4.78, 5) is 16.6. The molecule has 0 amide bonds. The Balaban J connectivity index is 1.04. The average molecular weight is 548 g/mol. The second-order valence-corrected chi connectivity index (χ2v) is 12.1. The van der Waals surface area contributed by atoms with Crippen molar-refractivity contribution in [1.82, 2.24) is 20.2 Å². The number of nitrogens with two attached hydrogens (primary N) is 1. The summed E-state index contributed by atoms with van der Waals surface area (Å²) in [5.41, 5.74) is 13.6. The van der Waals surface area contributed by atoms with Gasteiger partial charge in [-0.1, -0.05) is 24.3 Å². The fourth-order valence-electron chi connectivity index (χ4n) is 7.52. The highest BCUT2D eigenvalue weighted by atomic mass is 16.3. The molecular formula is C31H33N9O. The van der Waals surface area contributed by atoms with Crippen molar-refractivity contribution in [3.05, 3.63) is 65.4 Å². The van der Waals surface area contributed by atoms with Crippen LogP contribution >= 0.6 is 0 Å². The highest BCUT2D eigenvalue weighted by molar-refractivity contribution is 5.90. The van der Waals surface area contributed by atoms with E-state index in [1.807, 2.05) is 24.4 Å². The quantitative estimate of drug-likeness (QED) is 0.352. The summed E-state index contributed by atoms with van der Waals surface area (Å²) < 4.78 is 0. The molecule has 10 heteroatoms. The van der Waals surface area contributed by atoms with Crippen LogP contribution < -0.4 is 20.4 Å². The maximum Gasteiger partial charge on any atom is 0.183 e. The number of nitrogens with one attached hydrogen (secondary N) is 1. The molecule has 0 bridgehead atoms. The van der Waals surface area contributed by atoms with Crippen molar-refractivity contribution in [1.29, 1.82) is 5.26 Å². The Morgan fingerprint density at radius 3 is 2.66 bits per heavy atom. The first-order valence-electron chi connectivity index (χ1n) is 14.6. The summed E-state index contributed by atoms with van der Waals surface area (Å²) >= 11 is 0. The number of aromatic amines is 1. The van der Waals surface area contributed by atoms with Gasteiger partial charge in [-0.2, -0.15) is 10.4 Å². The van der Waals surface area contributed by atoms with Crippen LogP contribution in [-0.2, 0) is 6.42 Å². The first-order chi connectivity index (χ1) is 20.0. The van der Waals surface area contributed by atoms with Crippen LogP contribution in [0.25, 0.3) is 11.2 Å². The molecule has 41 heavy (non-hydrogen) atoms. The number of hydrogen-bond donors (Lipinski definition) is 3. The van der Waals surface area contributed by atoms with Gasteiger partial charge < -0.3 is 25.5 Å². The molecule has 0 radical (unpaired) electrons. The largest absolute Gasteiger partial charge is 0.393 e. The lowest BCUT2D eigenvalue weighted by atomic mass is 9.73. The molecule has 4 heterocycles. The topological polar surface area (TPSA) is 134 Å². The van der Waals surface area contributed by atoms with Gasteiger partial charge in [0.15, 0.2) is 17.0 Å². The summed E-state index contributed by atoms with van der Waals surface area (Å²) in [6.07, 6.45) is 6.25. The number of hydrogen-bond acceptors (Lipinski definition) is 9. The number of nitrogens with zero attached hydrogens (tertiary/aromatic N) is 7. The van der Waals surface area contributed by atoms with Crippen LogP contribution in [0.5, 0.6) is 0 Å². The number of nitriles is 1. The van der Waals surface area contributed by atoms with Gasteiger partial charge in [0.1, 0.15) is 5.82 Å². The van der Waals surface area contributed by atoms with E-state index in [2.05, 4.69) is 55.2 Å². The maximum atomic E-state index is 9.91. The fraction of sp³-hybridized carbons (Fsp3) is 0.419. The molecule has 2 aromatic heterocycles. The van der Waals surface area contributed by atoms with Gasteiger partial charge in [0.2, 0.25) is 0 Å². The van der Waals surface area contributed by atoms with Crippen LogP contribution in [0, 0.1) is 16.7 Å². The van der Waals surface area contributed by atoms with Crippen LogP contribution in [0.15, 0.2) is 48.7 Å². The van der Waals surface area contributed by atoms with Crippen LogP contribution in [0.2, 0.25) is 0 Å². The summed E-state index contributed by atoms with van der Waals surface area (Å²) in [7, 11) is 0. The van der Waals surface area contributed by atoms with E-state index in [1.54, 1.807) is 0 Å². The van der Waals surface area contributed by atoms with Gasteiger partial charge in [-0.05, 0) is 66.8 Å². The van der Waals surface area contributed by atoms with Crippen molar-refractivity contribution in [3.8, 4) is 6.07 Å². The minimum Gasteiger partial charge on any atom is -0.393 e. The smallest absolute Gasteiger partial charge is 0.183 e. The van der Waals surface area contributed by atoms with E-state index < -0.39 is 0 Å². The van der Waals surface area contributed by atoms with Crippen LogP contribution in [0.1, 0.15) is 48.4 Å². The van der Waals surface area contributed by atoms with Gasteiger partial charge in [-0.3, -0.25) is 5.10 Å². The molecule has 8 rings (SSSR count). The summed E-state index contributed by atoms with van der Waals surface area (Å²) in [5.74, 6) is 1.60. The molecule has 4 N–H and O–H groups in total. The predicted octanol–water partition coefficient (Wildman–Crippen LogP) is 3.55. The zero-order valence-corrected chi connectivity index (χ0v) is 22.9. The third-order valence-electron chi connectivity index (χ3n) is 9.97. The highest BCUT2D eigenvalue weighted by Gasteiger charge is 2.46. The first kappa shape index (κ1) is 24.6. The van der Waals surface area contributed by atoms with Gasteiger partial charge >= 0.3 is 0 Å². The zero-order valence-electron chi connectivity index (χ0n) is 22.9. The molecule has 1 spiro atoms. The predicted molar refractivity (Wildman–Crippen MR) is 157 cm³/mol. The SMILES string of the molecule is N#Cc1ccc2c(c1)N(C1CC(O)C1)CCN2c1n[nH]c2nc(N3CCC4(CC3)Cc3ccccc3C4N)cnc12. The molecule has 1 saturated carbocycles. The third-order valence-corrected chi connectivity index (χ3v) is 9.97. The van der Waals surface area contributed by atoms with E-state index in [0.717, 1.165) is 86.8 Å². The van der Waals surface area contributed by atoms with Gasteiger partial charge in [0.05, 0.1) is 35.3 Å². The van der Waals surface area contributed by atoms with Crippen molar-refractivity contribution in [2.24, 2.45) is 11.1 Å². The Hall–Kier alpha value is -4.20. The van der Waals surface area contributed by atoms with Crippen LogP contribution in [0.4, 0.5) is 23.0 Å². The van der Waals surface area contributed by atoms with Gasteiger partial charge in [0, 0.05) is 38.3 Å². The number of piperidine rings is 1. The van der Waals surface area contributed by atoms with Crippen molar-refractivity contribution in [2.45, 2.75) is 50.3 Å². The molecule has 2 aliphatic heterocycles. The molecule has 2 fully saturated rings. The van der Waals surface area contributed by atoms with Crippen molar-refractivity contribution >= 4 is 34.2 Å². The number of benzene rings is 2. The molecule has 1 unspecified atom stereocenters. The number of aliphatic hydroxyl groups excluding tert-OH is 1. The lowest BCUT2D eigenvalue weighted by Crippen LogP contribution is -2.52. The summed E-state index contributed by atoms with van der Waals surface area (Å²) in [6.45, 7) is 3.30. The van der Waals surface area contributed by atoms with E-state index in [1.165, 1.54) is 11.1 Å². The van der Waals surface area contributed by atoms with E-state index in [-0.39, 0.29) is 23.6 Å². The molecule has 1 saturated heterocycles. The molecular weight excluding hydrogens is 514 g/mol. The number of H-pyrrole nitrogens is 1. The first-order valence-corrected chi connectivity index (χ1v) is 14.6. The summed E-state index contributed by atoms with van der Waals surface area (Å²) in [6, 6.07) is 17.1. The summed E-state index contributed by atoms with van der Waals surface area (Å²) in [5, 5.41) is 27.3. The molecule has 2 aromatic carbocycles. The molecule has 4 aromatic rings. The Morgan fingerprint density at radius 1 is 1.05 bits per heavy atom. The van der Waals surface area contributed by atoms with E-state index in [0.29, 0.717) is 11.2 Å². The average Bonchev–Trinajstić information content (AvgIpc) is 3.53. The standard InChI is InChI=1S/C31H33N9O/c32-17-19-5-6-24-25(13-19)39(21-14-22(41)15-21)11-12-40(24)30-27-29(36-37-30)35-26(18-34-27)38-9-7-31(8-10-38)16-20-3-1-2-4-23(20)28(31)33/h1-6,13,18,21-22,28,41H,7-12,14-16,33H2,(H,35,36,37). The molecule has 4 aliphatic rings. The van der Waals surface area contributed by atoms with Gasteiger partial charge in [-0.15, -0.1) is 0 Å². The number of aliphatic hydroxyl groups is 1. The lowest BCUT2D eigenvalue weighted by molar-refractivity contribution is 0.0732. The normalized spacial score (nSPS) is 24.7. The zero-order chi connectivity index (χ0) is 27.7. The van der Waals surface area contributed by atoms with E-state index >= 15 is 0 Å². The minimum absolute atomic E-state index is 0.0894. The van der Waals surface area contributed by atoms with E-state index in [4.69, 9.17) is 15.7 Å².